The SMILES string of the molecule is CCn1cc(O[C@@H]2CN(Cc3ccn(C)c3)C[C@H]2O)cn1. The summed E-state index contributed by atoms with van der Waals surface area (Å²) in [7, 11) is 2.01. The first-order valence-electron chi connectivity index (χ1n) is 7.34. The van der Waals surface area contributed by atoms with Gasteiger partial charge in [0.25, 0.3) is 0 Å². The Labute approximate surface area is 124 Å². The predicted molar refractivity (Wildman–Crippen MR) is 79.0 cm³/mol. The monoisotopic (exact) mass is 290 g/mol. The van der Waals surface area contributed by atoms with Gasteiger partial charge in [-0.25, -0.2) is 0 Å². The van der Waals surface area contributed by atoms with Crippen molar-refractivity contribution in [3.8, 4) is 5.75 Å². The first-order valence-corrected chi connectivity index (χ1v) is 7.34. The van der Waals surface area contributed by atoms with Crippen molar-refractivity contribution in [1.29, 1.82) is 0 Å². The zero-order valence-electron chi connectivity index (χ0n) is 12.5. The van der Waals surface area contributed by atoms with Gasteiger partial charge in [0.2, 0.25) is 0 Å². The predicted octanol–water partition coefficient (Wildman–Crippen LogP) is 0.866. The Hall–Kier alpha value is -1.79. The number of nitrogens with zero attached hydrogens (tertiary/aromatic N) is 4. The van der Waals surface area contributed by atoms with E-state index in [0.29, 0.717) is 6.54 Å². The van der Waals surface area contributed by atoms with Gasteiger partial charge in [-0.15, -0.1) is 0 Å². The summed E-state index contributed by atoms with van der Waals surface area (Å²) < 4.78 is 9.72. The fourth-order valence-corrected chi connectivity index (χ4v) is 2.74. The van der Waals surface area contributed by atoms with Crippen molar-refractivity contribution in [2.75, 3.05) is 13.1 Å². The molecule has 0 aliphatic carbocycles. The van der Waals surface area contributed by atoms with Gasteiger partial charge in [-0.1, -0.05) is 0 Å². The van der Waals surface area contributed by atoms with Crippen molar-refractivity contribution in [2.24, 2.45) is 7.05 Å². The molecule has 0 radical (unpaired) electrons. The number of likely N-dealkylation sites (tertiary alicyclic amines) is 1. The van der Waals surface area contributed by atoms with E-state index >= 15 is 0 Å². The van der Waals surface area contributed by atoms with Crippen LogP contribution in [0.1, 0.15) is 12.5 Å². The van der Waals surface area contributed by atoms with Crippen molar-refractivity contribution in [1.82, 2.24) is 19.2 Å². The first kappa shape index (κ1) is 14.2. The highest BCUT2D eigenvalue weighted by Crippen LogP contribution is 2.20. The fraction of sp³-hybridized carbons (Fsp3) is 0.533. The maximum Gasteiger partial charge on any atom is 0.157 e. The van der Waals surface area contributed by atoms with Gasteiger partial charge >= 0.3 is 0 Å². The molecular formula is C15H22N4O2. The molecule has 114 valence electrons. The number of aliphatic hydroxyl groups excluding tert-OH is 1. The Morgan fingerprint density at radius 3 is 2.90 bits per heavy atom. The van der Waals surface area contributed by atoms with E-state index in [2.05, 4.69) is 22.3 Å². The highest BCUT2D eigenvalue weighted by atomic mass is 16.5. The molecule has 6 heteroatoms. The number of hydrogen-bond acceptors (Lipinski definition) is 4. The third-order valence-electron chi connectivity index (χ3n) is 3.83. The van der Waals surface area contributed by atoms with E-state index in [4.69, 9.17) is 4.74 Å². The topological polar surface area (TPSA) is 55.5 Å². The average molecular weight is 290 g/mol. The second-order valence-corrected chi connectivity index (χ2v) is 5.63. The van der Waals surface area contributed by atoms with Crippen LogP contribution in [0.5, 0.6) is 5.75 Å². The molecular weight excluding hydrogens is 268 g/mol. The summed E-state index contributed by atoms with van der Waals surface area (Å²) in [5.41, 5.74) is 1.25. The molecule has 2 atom stereocenters. The molecule has 0 bridgehead atoms. The maximum absolute atomic E-state index is 10.2. The molecule has 0 saturated carbocycles. The molecule has 2 aromatic heterocycles. The van der Waals surface area contributed by atoms with Crippen molar-refractivity contribution in [3.63, 3.8) is 0 Å². The Kier molecular flexibility index (Phi) is 3.98. The van der Waals surface area contributed by atoms with Gasteiger partial charge in [0.1, 0.15) is 12.2 Å². The number of ether oxygens (including phenoxy) is 1. The minimum Gasteiger partial charge on any atom is -0.483 e. The van der Waals surface area contributed by atoms with Gasteiger partial charge in [-0.3, -0.25) is 9.58 Å². The van der Waals surface area contributed by atoms with Gasteiger partial charge in [0, 0.05) is 45.6 Å². The highest BCUT2D eigenvalue weighted by Gasteiger charge is 2.33. The molecule has 0 spiro atoms. The van der Waals surface area contributed by atoms with Crippen LogP contribution >= 0.6 is 0 Å². The highest BCUT2D eigenvalue weighted by molar-refractivity contribution is 5.14. The lowest BCUT2D eigenvalue weighted by Gasteiger charge is -2.15. The molecule has 1 aliphatic rings. The second-order valence-electron chi connectivity index (χ2n) is 5.63. The van der Waals surface area contributed by atoms with Gasteiger partial charge in [-0.2, -0.15) is 5.10 Å². The number of hydrogen-bond donors (Lipinski definition) is 1. The molecule has 0 unspecified atom stereocenters. The van der Waals surface area contributed by atoms with E-state index in [-0.39, 0.29) is 6.10 Å². The molecule has 1 aliphatic heterocycles. The van der Waals surface area contributed by atoms with Crippen molar-refractivity contribution >= 4 is 0 Å². The van der Waals surface area contributed by atoms with Crippen molar-refractivity contribution in [3.05, 3.63) is 36.4 Å². The van der Waals surface area contributed by atoms with E-state index in [0.717, 1.165) is 25.4 Å². The summed E-state index contributed by atoms with van der Waals surface area (Å²) in [6.45, 7) is 5.06. The smallest absolute Gasteiger partial charge is 0.157 e. The van der Waals surface area contributed by atoms with Crippen LogP contribution in [-0.2, 0) is 20.1 Å². The molecule has 2 aromatic rings. The lowest BCUT2D eigenvalue weighted by atomic mass is 10.3. The van der Waals surface area contributed by atoms with E-state index in [1.807, 2.05) is 35.6 Å². The molecule has 0 amide bonds. The van der Waals surface area contributed by atoms with Gasteiger partial charge < -0.3 is 14.4 Å². The number of rotatable bonds is 5. The standard InChI is InChI=1S/C15H22N4O2/c1-3-19-9-13(6-16-19)21-15-11-18(10-14(15)20)8-12-4-5-17(2)7-12/h4-7,9,14-15,20H,3,8,10-11H2,1-2H3/t14-,15-/m1/s1. The van der Waals surface area contributed by atoms with Gasteiger partial charge in [0.15, 0.2) is 5.75 Å². The van der Waals surface area contributed by atoms with E-state index < -0.39 is 6.10 Å². The van der Waals surface area contributed by atoms with E-state index in [1.54, 1.807) is 6.20 Å². The van der Waals surface area contributed by atoms with Crippen LogP contribution in [0.25, 0.3) is 0 Å². The molecule has 3 rings (SSSR count). The number of aromatic nitrogens is 3. The van der Waals surface area contributed by atoms with Crippen LogP contribution in [0.15, 0.2) is 30.9 Å². The molecule has 1 fully saturated rings. The zero-order valence-corrected chi connectivity index (χ0v) is 12.5. The third kappa shape index (κ3) is 3.28. The van der Waals surface area contributed by atoms with E-state index in [9.17, 15) is 5.11 Å². The molecule has 6 nitrogen and oxygen atoms in total. The fourth-order valence-electron chi connectivity index (χ4n) is 2.74. The summed E-state index contributed by atoms with van der Waals surface area (Å²) in [6, 6.07) is 2.10. The summed E-state index contributed by atoms with van der Waals surface area (Å²) in [6.07, 6.45) is 7.06. The lowest BCUT2D eigenvalue weighted by Crippen LogP contribution is -2.29. The summed E-state index contributed by atoms with van der Waals surface area (Å²) in [5, 5.41) is 14.4. The summed E-state index contributed by atoms with van der Waals surface area (Å²) >= 11 is 0. The average Bonchev–Trinajstić information content (AvgIpc) is 3.14. The third-order valence-corrected chi connectivity index (χ3v) is 3.83. The Balaban J connectivity index is 1.57. The molecule has 1 saturated heterocycles. The van der Waals surface area contributed by atoms with Crippen molar-refractivity contribution < 1.29 is 9.84 Å². The van der Waals surface area contributed by atoms with Crippen molar-refractivity contribution in [2.45, 2.75) is 32.2 Å². The number of aryl methyl sites for hydroxylation is 2. The van der Waals surface area contributed by atoms with Crippen LogP contribution in [0.4, 0.5) is 0 Å². The minimum atomic E-state index is -0.460. The number of β-amino-alcohol motifs (C(OH)–C–C–N with tert-alkyl or cyclic N) is 1. The molecule has 0 aromatic carbocycles. The minimum absolute atomic E-state index is 0.191. The molecule has 3 heterocycles. The Bertz CT molecular complexity index is 592. The largest absolute Gasteiger partial charge is 0.483 e. The van der Waals surface area contributed by atoms with Crippen LogP contribution in [0.2, 0.25) is 0 Å². The van der Waals surface area contributed by atoms with Gasteiger partial charge in [0.05, 0.1) is 12.4 Å². The summed E-state index contributed by atoms with van der Waals surface area (Å²) in [5.74, 6) is 0.725. The van der Waals surface area contributed by atoms with Crippen LogP contribution in [-0.4, -0.2) is 49.7 Å². The molecule has 21 heavy (non-hydrogen) atoms. The van der Waals surface area contributed by atoms with E-state index in [1.165, 1.54) is 5.56 Å². The summed E-state index contributed by atoms with van der Waals surface area (Å²) in [4.78, 5) is 2.22. The second kappa shape index (κ2) is 5.91. The van der Waals surface area contributed by atoms with Gasteiger partial charge in [-0.05, 0) is 18.6 Å². The first-order chi connectivity index (χ1) is 10.1. The number of aliphatic hydroxyl groups is 1. The van der Waals surface area contributed by atoms with Crippen LogP contribution in [0, 0.1) is 0 Å². The molecule has 1 N–H and O–H groups in total. The normalized spacial score (nSPS) is 22.8. The zero-order chi connectivity index (χ0) is 14.8. The quantitative estimate of drug-likeness (QED) is 0.887. The van der Waals surface area contributed by atoms with Crippen LogP contribution in [0.3, 0.4) is 0 Å². The van der Waals surface area contributed by atoms with Crippen LogP contribution < -0.4 is 4.74 Å². The lowest BCUT2D eigenvalue weighted by molar-refractivity contribution is 0.0736. The Morgan fingerprint density at radius 2 is 2.24 bits per heavy atom. The maximum atomic E-state index is 10.2. The Morgan fingerprint density at radius 1 is 1.38 bits per heavy atom.